The number of sulfonamides is 1. The number of ether oxygens (including phenoxy) is 1. The summed E-state index contributed by atoms with van der Waals surface area (Å²) in [6.07, 6.45) is 1.88. The standard InChI is InChI=1S/C22H19N3O5S/c1-30-17-8-6-16(7-9-17)24-31(28,29)18-10-4-15(5-11-18)12-14-25-21(26)19-3-2-13-23-20(19)22(25)27/h2-11,13,24H,12,14H2,1H3. The second kappa shape index (κ2) is 8.19. The fourth-order valence-corrected chi connectivity index (χ4v) is 4.32. The number of rotatable bonds is 7. The van der Waals surface area contributed by atoms with Crippen LogP contribution in [0.1, 0.15) is 26.4 Å². The number of hydrogen-bond donors (Lipinski definition) is 1. The Labute approximate surface area is 179 Å². The minimum Gasteiger partial charge on any atom is -0.497 e. The average Bonchev–Trinajstić information content (AvgIpc) is 3.03. The van der Waals surface area contributed by atoms with E-state index in [0.717, 1.165) is 10.5 Å². The fraction of sp³-hybridized carbons (Fsp3) is 0.136. The molecule has 1 aliphatic heterocycles. The molecule has 0 aliphatic carbocycles. The highest BCUT2D eigenvalue weighted by Crippen LogP contribution is 2.22. The summed E-state index contributed by atoms with van der Waals surface area (Å²) >= 11 is 0. The molecule has 0 atom stereocenters. The molecular weight excluding hydrogens is 418 g/mol. The van der Waals surface area contributed by atoms with E-state index < -0.39 is 15.9 Å². The van der Waals surface area contributed by atoms with Gasteiger partial charge in [0, 0.05) is 18.4 Å². The maximum atomic E-state index is 12.6. The van der Waals surface area contributed by atoms with Crippen molar-refractivity contribution >= 4 is 27.5 Å². The summed E-state index contributed by atoms with van der Waals surface area (Å²) in [5.41, 5.74) is 1.69. The van der Waals surface area contributed by atoms with Crippen molar-refractivity contribution in [3.63, 3.8) is 0 Å². The summed E-state index contributed by atoms with van der Waals surface area (Å²) < 4.78 is 32.8. The molecule has 0 unspecified atom stereocenters. The van der Waals surface area contributed by atoms with Gasteiger partial charge in [-0.1, -0.05) is 12.1 Å². The number of pyridine rings is 1. The number of benzene rings is 2. The Bertz CT molecular complexity index is 1200. The van der Waals surface area contributed by atoms with Gasteiger partial charge in [0.1, 0.15) is 11.4 Å². The third-order valence-corrected chi connectivity index (χ3v) is 6.33. The molecule has 0 saturated carbocycles. The van der Waals surface area contributed by atoms with Gasteiger partial charge in [-0.3, -0.25) is 24.2 Å². The van der Waals surface area contributed by atoms with Gasteiger partial charge in [0.2, 0.25) is 0 Å². The Morgan fingerprint density at radius 1 is 0.968 bits per heavy atom. The first-order valence-corrected chi connectivity index (χ1v) is 10.9. The van der Waals surface area contributed by atoms with Crippen LogP contribution in [0.3, 0.4) is 0 Å². The van der Waals surface area contributed by atoms with Gasteiger partial charge in [-0.05, 0) is 60.5 Å². The van der Waals surface area contributed by atoms with Crippen LogP contribution in [0.15, 0.2) is 71.8 Å². The van der Waals surface area contributed by atoms with Crippen molar-refractivity contribution < 1.29 is 22.7 Å². The summed E-state index contributed by atoms with van der Waals surface area (Å²) in [6.45, 7) is 0.185. The lowest BCUT2D eigenvalue weighted by Gasteiger charge is -2.14. The topological polar surface area (TPSA) is 106 Å². The Hall–Kier alpha value is -3.72. The van der Waals surface area contributed by atoms with E-state index in [4.69, 9.17) is 4.74 Å². The van der Waals surface area contributed by atoms with Crippen LogP contribution in [0.5, 0.6) is 5.75 Å². The van der Waals surface area contributed by atoms with Crippen LogP contribution in [0.25, 0.3) is 0 Å². The SMILES string of the molecule is COc1ccc(NS(=O)(=O)c2ccc(CCN3C(=O)c4cccnc4C3=O)cc2)cc1. The van der Waals surface area contributed by atoms with E-state index in [1.165, 1.54) is 25.4 Å². The van der Waals surface area contributed by atoms with Gasteiger partial charge in [0.15, 0.2) is 0 Å². The molecule has 8 nitrogen and oxygen atoms in total. The highest BCUT2D eigenvalue weighted by Gasteiger charge is 2.36. The van der Waals surface area contributed by atoms with Crippen molar-refractivity contribution in [3.8, 4) is 5.75 Å². The number of methoxy groups -OCH3 is 1. The lowest BCUT2D eigenvalue weighted by atomic mass is 10.1. The Kier molecular flexibility index (Phi) is 5.43. The van der Waals surface area contributed by atoms with E-state index in [2.05, 4.69) is 9.71 Å². The third-order valence-electron chi connectivity index (χ3n) is 4.93. The molecule has 1 aliphatic rings. The number of aromatic nitrogens is 1. The van der Waals surface area contributed by atoms with Gasteiger partial charge in [-0.25, -0.2) is 8.42 Å². The summed E-state index contributed by atoms with van der Waals surface area (Å²) in [6, 6.07) is 16.1. The quantitative estimate of drug-likeness (QED) is 0.570. The molecule has 2 aromatic carbocycles. The fourth-order valence-electron chi connectivity index (χ4n) is 3.27. The predicted molar refractivity (Wildman–Crippen MR) is 114 cm³/mol. The smallest absolute Gasteiger partial charge is 0.280 e. The van der Waals surface area contributed by atoms with E-state index in [0.29, 0.717) is 23.4 Å². The monoisotopic (exact) mass is 437 g/mol. The van der Waals surface area contributed by atoms with Gasteiger partial charge >= 0.3 is 0 Å². The van der Waals surface area contributed by atoms with Gasteiger partial charge in [-0.2, -0.15) is 0 Å². The number of carbonyl (C=O) groups excluding carboxylic acids is 2. The summed E-state index contributed by atoms with van der Waals surface area (Å²) in [7, 11) is -2.22. The van der Waals surface area contributed by atoms with Crippen molar-refractivity contribution in [1.29, 1.82) is 0 Å². The Balaban J connectivity index is 1.41. The number of nitrogens with zero attached hydrogens (tertiary/aromatic N) is 2. The number of anilines is 1. The molecule has 0 saturated heterocycles. The zero-order valence-corrected chi connectivity index (χ0v) is 17.4. The lowest BCUT2D eigenvalue weighted by Crippen LogP contribution is -2.31. The zero-order chi connectivity index (χ0) is 22.0. The second-order valence-electron chi connectivity index (χ2n) is 6.89. The van der Waals surface area contributed by atoms with Crippen molar-refractivity contribution in [2.75, 3.05) is 18.4 Å². The molecule has 0 fully saturated rings. The first kappa shape index (κ1) is 20.5. The third kappa shape index (κ3) is 4.13. The average molecular weight is 437 g/mol. The van der Waals surface area contributed by atoms with Crippen molar-refractivity contribution in [3.05, 3.63) is 83.7 Å². The first-order chi connectivity index (χ1) is 14.9. The minimum absolute atomic E-state index is 0.108. The van der Waals surface area contributed by atoms with Crippen molar-refractivity contribution in [2.45, 2.75) is 11.3 Å². The van der Waals surface area contributed by atoms with E-state index in [1.54, 1.807) is 48.5 Å². The van der Waals surface area contributed by atoms with Crippen LogP contribution >= 0.6 is 0 Å². The van der Waals surface area contributed by atoms with Gasteiger partial charge in [0.25, 0.3) is 21.8 Å². The number of imide groups is 1. The number of hydrogen-bond acceptors (Lipinski definition) is 6. The van der Waals surface area contributed by atoms with E-state index >= 15 is 0 Å². The number of carbonyl (C=O) groups is 2. The molecular formula is C22H19N3O5S. The van der Waals surface area contributed by atoms with E-state index in [-0.39, 0.29) is 23.0 Å². The highest BCUT2D eigenvalue weighted by atomic mass is 32.2. The van der Waals surface area contributed by atoms with Crippen molar-refractivity contribution in [2.24, 2.45) is 0 Å². The van der Waals surface area contributed by atoms with Crippen LogP contribution < -0.4 is 9.46 Å². The highest BCUT2D eigenvalue weighted by molar-refractivity contribution is 7.92. The molecule has 31 heavy (non-hydrogen) atoms. The second-order valence-corrected chi connectivity index (χ2v) is 8.57. The predicted octanol–water partition coefficient (Wildman–Crippen LogP) is 2.73. The maximum Gasteiger partial charge on any atom is 0.280 e. The summed E-state index contributed by atoms with van der Waals surface area (Å²) in [5, 5.41) is 0. The molecule has 3 aromatic rings. The number of fused-ring (bicyclic) bond motifs is 1. The molecule has 4 rings (SSSR count). The normalized spacial score (nSPS) is 13.3. The van der Waals surface area contributed by atoms with Crippen LogP contribution in [0.2, 0.25) is 0 Å². The molecule has 9 heteroatoms. The molecule has 2 amide bonds. The van der Waals surface area contributed by atoms with E-state index in [1.807, 2.05) is 0 Å². The maximum absolute atomic E-state index is 12.6. The molecule has 2 heterocycles. The van der Waals surface area contributed by atoms with Gasteiger partial charge < -0.3 is 4.74 Å². The lowest BCUT2D eigenvalue weighted by molar-refractivity contribution is 0.0654. The van der Waals surface area contributed by atoms with Crippen LogP contribution in [-0.4, -0.2) is 43.8 Å². The molecule has 0 radical (unpaired) electrons. The largest absolute Gasteiger partial charge is 0.497 e. The first-order valence-electron chi connectivity index (χ1n) is 9.46. The van der Waals surface area contributed by atoms with Crippen molar-refractivity contribution in [1.82, 2.24) is 9.88 Å². The minimum atomic E-state index is -3.75. The molecule has 0 spiro atoms. The summed E-state index contributed by atoms with van der Waals surface area (Å²) in [4.78, 5) is 30.0. The van der Waals surface area contributed by atoms with E-state index in [9.17, 15) is 18.0 Å². The Morgan fingerprint density at radius 2 is 1.68 bits per heavy atom. The summed E-state index contributed by atoms with van der Waals surface area (Å²) in [5.74, 6) is -0.152. The van der Waals surface area contributed by atoms with Gasteiger partial charge in [-0.15, -0.1) is 0 Å². The molecule has 0 bridgehead atoms. The van der Waals surface area contributed by atoms with Crippen LogP contribution in [-0.2, 0) is 16.4 Å². The molecule has 1 N–H and O–H groups in total. The van der Waals surface area contributed by atoms with Crippen LogP contribution in [0.4, 0.5) is 5.69 Å². The molecule has 1 aromatic heterocycles. The Morgan fingerprint density at radius 3 is 2.32 bits per heavy atom. The molecule has 158 valence electrons. The number of nitrogens with one attached hydrogen (secondary N) is 1. The van der Waals surface area contributed by atoms with Gasteiger partial charge in [0.05, 0.1) is 17.6 Å². The van der Waals surface area contributed by atoms with Crippen LogP contribution in [0, 0.1) is 0 Å². The zero-order valence-electron chi connectivity index (χ0n) is 16.6. The number of amides is 2.